The molecule has 3 aliphatic rings. The SMILES string of the molecule is CC1(C)CC(CN2CCC3(CC2)CC(=O)N(Cc2ccccc2)C3)CCO1. The first-order valence-electron chi connectivity index (χ1n) is 10.6. The van der Waals surface area contributed by atoms with Gasteiger partial charge in [0.1, 0.15) is 0 Å². The number of hydrogen-bond acceptors (Lipinski definition) is 3. The van der Waals surface area contributed by atoms with Crippen molar-refractivity contribution in [1.29, 1.82) is 0 Å². The Morgan fingerprint density at radius 2 is 1.89 bits per heavy atom. The van der Waals surface area contributed by atoms with Crippen molar-refractivity contribution < 1.29 is 9.53 Å². The second-order valence-electron chi connectivity index (χ2n) is 9.68. The molecule has 4 rings (SSSR count). The van der Waals surface area contributed by atoms with Gasteiger partial charge in [-0.3, -0.25) is 4.79 Å². The van der Waals surface area contributed by atoms with Gasteiger partial charge in [-0.15, -0.1) is 0 Å². The largest absolute Gasteiger partial charge is 0.376 e. The second kappa shape index (κ2) is 7.56. The number of hydrogen-bond donors (Lipinski definition) is 0. The van der Waals surface area contributed by atoms with Crippen molar-refractivity contribution >= 4 is 5.91 Å². The van der Waals surface area contributed by atoms with E-state index in [4.69, 9.17) is 4.74 Å². The molecule has 0 saturated carbocycles. The van der Waals surface area contributed by atoms with E-state index in [2.05, 4.69) is 47.9 Å². The zero-order valence-electron chi connectivity index (χ0n) is 17.0. The lowest BCUT2D eigenvalue weighted by molar-refractivity contribution is -0.128. The summed E-state index contributed by atoms with van der Waals surface area (Å²) in [5, 5.41) is 0. The van der Waals surface area contributed by atoms with Crippen LogP contribution >= 0.6 is 0 Å². The molecule has 0 radical (unpaired) electrons. The number of rotatable bonds is 4. The number of ether oxygens (including phenoxy) is 1. The maximum absolute atomic E-state index is 12.6. The van der Waals surface area contributed by atoms with E-state index < -0.39 is 0 Å². The van der Waals surface area contributed by atoms with Crippen LogP contribution < -0.4 is 0 Å². The lowest BCUT2D eigenvalue weighted by Crippen LogP contribution is -2.45. The summed E-state index contributed by atoms with van der Waals surface area (Å²) in [6.45, 7) is 10.5. The first kappa shape index (κ1) is 18.9. The third-order valence-electron chi connectivity index (χ3n) is 6.85. The topological polar surface area (TPSA) is 32.8 Å². The van der Waals surface area contributed by atoms with Gasteiger partial charge >= 0.3 is 0 Å². The average Bonchev–Trinajstić information content (AvgIpc) is 2.92. The van der Waals surface area contributed by atoms with E-state index in [1.54, 1.807) is 0 Å². The maximum atomic E-state index is 12.6. The summed E-state index contributed by atoms with van der Waals surface area (Å²) in [7, 11) is 0. The number of nitrogens with zero attached hydrogens (tertiary/aromatic N) is 2. The highest BCUT2D eigenvalue weighted by Crippen LogP contribution is 2.42. The van der Waals surface area contributed by atoms with Gasteiger partial charge in [0.15, 0.2) is 0 Å². The Morgan fingerprint density at radius 3 is 2.59 bits per heavy atom. The minimum atomic E-state index is 0.0374. The van der Waals surface area contributed by atoms with E-state index in [0.717, 1.165) is 64.4 Å². The van der Waals surface area contributed by atoms with Gasteiger partial charge in [0.05, 0.1) is 5.60 Å². The number of benzene rings is 1. The summed E-state index contributed by atoms with van der Waals surface area (Å²) in [6.07, 6.45) is 5.43. The number of carbonyl (C=O) groups is 1. The fraction of sp³-hybridized carbons (Fsp3) is 0.696. The van der Waals surface area contributed by atoms with E-state index in [1.165, 1.54) is 18.5 Å². The van der Waals surface area contributed by atoms with E-state index >= 15 is 0 Å². The van der Waals surface area contributed by atoms with Gasteiger partial charge in [0, 0.05) is 32.7 Å². The molecular weight excluding hydrogens is 336 g/mol. The smallest absolute Gasteiger partial charge is 0.223 e. The molecule has 0 N–H and O–H groups in total. The average molecular weight is 371 g/mol. The van der Waals surface area contributed by atoms with Crippen LogP contribution in [0, 0.1) is 11.3 Å². The molecule has 0 aliphatic carbocycles. The van der Waals surface area contributed by atoms with E-state index in [9.17, 15) is 4.79 Å². The van der Waals surface area contributed by atoms with Gasteiger partial charge in [0.2, 0.25) is 5.91 Å². The summed E-state index contributed by atoms with van der Waals surface area (Å²) in [5.74, 6) is 1.10. The zero-order chi connectivity index (χ0) is 18.9. The summed E-state index contributed by atoms with van der Waals surface area (Å²) >= 11 is 0. The molecule has 4 heteroatoms. The van der Waals surface area contributed by atoms with Gasteiger partial charge in [-0.25, -0.2) is 0 Å². The molecule has 0 aromatic heterocycles. The lowest BCUT2D eigenvalue weighted by atomic mass is 9.77. The Hall–Kier alpha value is -1.39. The second-order valence-corrected chi connectivity index (χ2v) is 9.68. The highest BCUT2D eigenvalue weighted by molar-refractivity contribution is 5.79. The van der Waals surface area contributed by atoms with Crippen LogP contribution in [0.25, 0.3) is 0 Å². The monoisotopic (exact) mass is 370 g/mol. The number of piperidine rings is 1. The molecule has 0 bridgehead atoms. The first-order valence-corrected chi connectivity index (χ1v) is 10.6. The number of likely N-dealkylation sites (tertiary alicyclic amines) is 2. The highest BCUT2D eigenvalue weighted by Gasteiger charge is 2.45. The van der Waals surface area contributed by atoms with E-state index in [-0.39, 0.29) is 11.0 Å². The predicted octanol–water partition coefficient (Wildman–Crippen LogP) is 3.71. The van der Waals surface area contributed by atoms with Crippen LogP contribution in [0.3, 0.4) is 0 Å². The molecule has 1 aromatic carbocycles. The summed E-state index contributed by atoms with van der Waals surface area (Å²) < 4.78 is 5.87. The van der Waals surface area contributed by atoms with E-state index in [1.807, 2.05) is 6.07 Å². The molecule has 3 saturated heterocycles. The molecule has 1 unspecified atom stereocenters. The number of amides is 1. The van der Waals surface area contributed by atoms with Gasteiger partial charge in [-0.1, -0.05) is 30.3 Å². The van der Waals surface area contributed by atoms with Crippen molar-refractivity contribution in [2.45, 2.75) is 58.1 Å². The molecule has 1 amide bonds. The minimum absolute atomic E-state index is 0.0374. The van der Waals surface area contributed by atoms with Crippen LogP contribution in [0.5, 0.6) is 0 Å². The predicted molar refractivity (Wildman–Crippen MR) is 107 cm³/mol. The Kier molecular flexibility index (Phi) is 5.30. The molecule has 3 fully saturated rings. The Morgan fingerprint density at radius 1 is 1.15 bits per heavy atom. The van der Waals surface area contributed by atoms with Crippen LogP contribution in [-0.2, 0) is 16.1 Å². The maximum Gasteiger partial charge on any atom is 0.223 e. The number of carbonyl (C=O) groups excluding carboxylic acids is 1. The summed E-state index contributed by atoms with van der Waals surface area (Å²) in [5.41, 5.74) is 1.50. The zero-order valence-corrected chi connectivity index (χ0v) is 17.0. The van der Waals surface area contributed by atoms with Gasteiger partial charge in [-0.2, -0.15) is 0 Å². The molecular formula is C23H34N2O2. The first-order chi connectivity index (χ1) is 12.9. The standard InChI is InChI=1S/C23H34N2O2/c1-22(2)14-20(8-13-27-22)16-24-11-9-23(10-12-24)15-21(26)25(18-23)17-19-6-4-3-5-7-19/h3-7,20H,8-18H2,1-2H3. The van der Waals surface area contributed by atoms with Crippen LogP contribution in [0.1, 0.15) is 51.5 Å². The van der Waals surface area contributed by atoms with E-state index in [0.29, 0.717) is 5.91 Å². The Balaban J connectivity index is 1.29. The molecule has 4 nitrogen and oxygen atoms in total. The van der Waals surface area contributed by atoms with Crippen molar-refractivity contribution in [3.05, 3.63) is 35.9 Å². The normalized spacial score (nSPS) is 28.0. The van der Waals surface area contributed by atoms with Crippen LogP contribution in [0.15, 0.2) is 30.3 Å². The quantitative estimate of drug-likeness (QED) is 0.810. The molecule has 148 valence electrons. The molecule has 27 heavy (non-hydrogen) atoms. The third-order valence-corrected chi connectivity index (χ3v) is 6.85. The van der Waals surface area contributed by atoms with Gasteiger partial charge in [0.25, 0.3) is 0 Å². The van der Waals surface area contributed by atoms with Gasteiger partial charge < -0.3 is 14.5 Å². The molecule has 3 aliphatic heterocycles. The van der Waals surface area contributed by atoms with Crippen molar-refractivity contribution in [3.63, 3.8) is 0 Å². The fourth-order valence-electron chi connectivity index (χ4n) is 5.35. The van der Waals surface area contributed by atoms with Crippen molar-refractivity contribution in [1.82, 2.24) is 9.80 Å². The lowest BCUT2D eigenvalue weighted by Gasteiger charge is -2.42. The molecule has 1 atom stereocenters. The van der Waals surface area contributed by atoms with Crippen molar-refractivity contribution in [2.24, 2.45) is 11.3 Å². The Labute approximate surface area is 163 Å². The van der Waals surface area contributed by atoms with Crippen molar-refractivity contribution in [3.8, 4) is 0 Å². The van der Waals surface area contributed by atoms with Crippen LogP contribution in [0.4, 0.5) is 0 Å². The fourth-order valence-corrected chi connectivity index (χ4v) is 5.35. The molecule has 1 spiro atoms. The van der Waals surface area contributed by atoms with Crippen molar-refractivity contribution in [2.75, 3.05) is 32.8 Å². The van der Waals surface area contributed by atoms with Crippen LogP contribution in [0.2, 0.25) is 0 Å². The third kappa shape index (κ3) is 4.55. The molecule has 3 heterocycles. The summed E-state index contributed by atoms with van der Waals surface area (Å²) in [6, 6.07) is 10.4. The summed E-state index contributed by atoms with van der Waals surface area (Å²) in [4.78, 5) is 17.4. The van der Waals surface area contributed by atoms with Gasteiger partial charge in [-0.05, 0) is 69.5 Å². The highest BCUT2D eigenvalue weighted by atomic mass is 16.5. The van der Waals surface area contributed by atoms with Crippen LogP contribution in [-0.4, -0.2) is 54.1 Å². The minimum Gasteiger partial charge on any atom is -0.376 e. The molecule has 1 aromatic rings. The Bertz CT molecular complexity index is 650.